The number of carbonyl (C=O) groups excluding carboxylic acids is 1. The van der Waals surface area contributed by atoms with Gasteiger partial charge >= 0.3 is 14.8 Å². The zero-order valence-corrected chi connectivity index (χ0v) is 16.8. The third-order valence-electron chi connectivity index (χ3n) is 3.68. The molecule has 0 aromatic heterocycles. The Balaban J connectivity index is 2.55. The van der Waals surface area contributed by atoms with Gasteiger partial charge in [0.05, 0.1) is 0 Å². The highest BCUT2D eigenvalue weighted by molar-refractivity contribution is 6.60. The molecular weight excluding hydrogens is 407 g/mol. The molecule has 1 rings (SSSR count). The van der Waals surface area contributed by atoms with Gasteiger partial charge in [0.2, 0.25) is 5.82 Å². The van der Waals surface area contributed by atoms with Crippen LogP contribution in [0.3, 0.4) is 0 Å². The summed E-state index contributed by atoms with van der Waals surface area (Å²) < 4.78 is 82.8. The van der Waals surface area contributed by atoms with Crippen molar-refractivity contribution in [2.24, 2.45) is 0 Å². The SMILES string of the molecule is CCO[Si](CCCCNC(=O)Nc1c(F)c(F)c(F)c(F)c1F)(OC)OCC. The highest BCUT2D eigenvalue weighted by Gasteiger charge is 2.38. The van der Waals surface area contributed by atoms with Crippen molar-refractivity contribution in [3.8, 4) is 0 Å². The summed E-state index contributed by atoms with van der Waals surface area (Å²) in [4.78, 5) is 11.7. The summed E-state index contributed by atoms with van der Waals surface area (Å²) in [6.45, 7) is 4.55. The van der Waals surface area contributed by atoms with Crippen molar-refractivity contribution in [3.63, 3.8) is 0 Å². The Bertz CT molecular complexity index is 646. The zero-order chi connectivity index (χ0) is 21.3. The quantitative estimate of drug-likeness (QED) is 0.183. The number of benzene rings is 1. The highest BCUT2D eigenvalue weighted by atomic mass is 28.4. The van der Waals surface area contributed by atoms with Gasteiger partial charge in [0.25, 0.3) is 0 Å². The van der Waals surface area contributed by atoms with E-state index in [0.29, 0.717) is 32.1 Å². The maximum Gasteiger partial charge on any atom is 0.500 e. The molecule has 0 atom stereocenters. The van der Waals surface area contributed by atoms with E-state index >= 15 is 0 Å². The summed E-state index contributed by atoms with van der Waals surface area (Å²) in [5.41, 5.74) is -1.41. The predicted octanol–water partition coefficient (Wildman–Crippen LogP) is 3.94. The lowest BCUT2D eigenvalue weighted by atomic mass is 10.2. The fourth-order valence-electron chi connectivity index (χ4n) is 2.39. The van der Waals surface area contributed by atoms with Gasteiger partial charge in [-0.15, -0.1) is 0 Å². The van der Waals surface area contributed by atoms with Gasteiger partial charge in [-0.1, -0.05) is 0 Å². The van der Waals surface area contributed by atoms with Crippen molar-refractivity contribution in [2.75, 3.05) is 32.2 Å². The molecule has 0 saturated carbocycles. The first kappa shape index (κ1) is 24.3. The Kier molecular flexibility index (Phi) is 9.79. The Morgan fingerprint density at radius 2 is 1.39 bits per heavy atom. The number of nitrogens with one attached hydrogen (secondary N) is 2. The van der Waals surface area contributed by atoms with Gasteiger partial charge in [0, 0.05) is 32.9 Å². The van der Waals surface area contributed by atoms with E-state index in [9.17, 15) is 26.7 Å². The summed E-state index contributed by atoms with van der Waals surface area (Å²) in [5.74, 6) is -10.8. The molecule has 1 aromatic rings. The lowest BCUT2D eigenvalue weighted by Crippen LogP contribution is -2.45. The van der Waals surface area contributed by atoms with Crippen molar-refractivity contribution in [1.29, 1.82) is 0 Å². The first-order chi connectivity index (χ1) is 13.2. The van der Waals surface area contributed by atoms with Gasteiger partial charge in [0.15, 0.2) is 23.3 Å². The average molecular weight is 430 g/mol. The molecule has 6 nitrogen and oxygen atoms in total. The van der Waals surface area contributed by atoms with E-state index in [1.54, 1.807) is 5.32 Å². The molecule has 28 heavy (non-hydrogen) atoms. The van der Waals surface area contributed by atoms with E-state index in [4.69, 9.17) is 13.3 Å². The molecular formula is C16H23F5N2O4Si. The summed E-state index contributed by atoms with van der Waals surface area (Å²) in [6, 6.07) is -0.611. The summed E-state index contributed by atoms with van der Waals surface area (Å²) in [5, 5.41) is 3.91. The Hall–Kier alpha value is -1.76. The molecule has 0 heterocycles. The van der Waals surface area contributed by atoms with Crippen molar-refractivity contribution in [3.05, 3.63) is 29.1 Å². The van der Waals surface area contributed by atoms with Crippen molar-refractivity contribution in [1.82, 2.24) is 5.32 Å². The van der Waals surface area contributed by atoms with Crippen molar-refractivity contribution in [2.45, 2.75) is 32.7 Å². The number of amides is 2. The monoisotopic (exact) mass is 430 g/mol. The van der Waals surface area contributed by atoms with Crippen LogP contribution in [-0.4, -0.2) is 41.7 Å². The molecule has 0 bridgehead atoms. The average Bonchev–Trinajstić information content (AvgIpc) is 2.68. The van der Waals surface area contributed by atoms with E-state index < -0.39 is 49.6 Å². The van der Waals surface area contributed by atoms with Crippen LogP contribution in [0.5, 0.6) is 0 Å². The second kappa shape index (κ2) is 11.3. The highest BCUT2D eigenvalue weighted by Crippen LogP contribution is 2.27. The van der Waals surface area contributed by atoms with Gasteiger partial charge in [0.1, 0.15) is 5.69 Å². The standard InChI is InChI=1S/C16H23F5N2O4Si/c1-4-26-28(25-3,27-5-2)9-7-6-8-22-16(24)23-15-13(20)11(18)10(17)12(19)14(15)21/h4-9H2,1-3H3,(H2,22,23,24). The number of hydrogen-bond donors (Lipinski definition) is 2. The molecule has 0 aliphatic carbocycles. The predicted molar refractivity (Wildman–Crippen MR) is 93.3 cm³/mol. The normalized spacial score (nSPS) is 11.6. The van der Waals surface area contributed by atoms with E-state index in [-0.39, 0.29) is 6.54 Å². The molecule has 0 spiro atoms. The summed E-state index contributed by atoms with van der Waals surface area (Å²) >= 11 is 0. The van der Waals surface area contributed by atoms with Crippen LogP contribution < -0.4 is 10.6 Å². The number of urea groups is 1. The molecule has 0 aliphatic heterocycles. The lowest BCUT2D eigenvalue weighted by molar-refractivity contribution is 0.0860. The molecule has 0 unspecified atom stereocenters. The third kappa shape index (κ3) is 6.12. The van der Waals surface area contributed by atoms with E-state index in [1.807, 2.05) is 13.8 Å². The molecule has 0 saturated heterocycles. The minimum atomic E-state index is -2.79. The molecule has 0 fully saturated rings. The molecule has 0 radical (unpaired) electrons. The maximum absolute atomic E-state index is 13.5. The van der Waals surface area contributed by atoms with Crippen LogP contribution in [0, 0.1) is 29.1 Å². The Labute approximate surface area is 160 Å². The number of carbonyl (C=O) groups is 1. The summed E-state index contributed by atoms with van der Waals surface area (Å²) in [7, 11) is -1.29. The number of unbranched alkanes of at least 4 members (excludes halogenated alkanes) is 1. The fraction of sp³-hybridized carbons (Fsp3) is 0.562. The lowest BCUT2D eigenvalue weighted by Gasteiger charge is -2.27. The van der Waals surface area contributed by atoms with E-state index in [0.717, 1.165) is 0 Å². The molecule has 0 aliphatic rings. The van der Waals surface area contributed by atoms with E-state index in [2.05, 4.69) is 5.32 Å². The van der Waals surface area contributed by atoms with Crippen molar-refractivity contribution >= 4 is 20.5 Å². The number of anilines is 1. The largest absolute Gasteiger partial charge is 0.500 e. The van der Waals surface area contributed by atoms with Crippen LogP contribution >= 0.6 is 0 Å². The van der Waals surface area contributed by atoms with Gasteiger partial charge in [-0.05, 0) is 26.7 Å². The molecule has 160 valence electrons. The molecule has 2 amide bonds. The minimum absolute atomic E-state index is 0.0909. The second-order valence-electron chi connectivity index (χ2n) is 5.54. The van der Waals surface area contributed by atoms with Crippen LogP contribution in [0.2, 0.25) is 6.04 Å². The first-order valence-corrected chi connectivity index (χ1v) is 10.6. The van der Waals surface area contributed by atoms with Crippen LogP contribution in [0.15, 0.2) is 0 Å². The smallest absolute Gasteiger partial charge is 0.377 e. The van der Waals surface area contributed by atoms with Gasteiger partial charge in [-0.2, -0.15) is 0 Å². The van der Waals surface area contributed by atoms with Gasteiger partial charge in [-0.25, -0.2) is 26.7 Å². The maximum atomic E-state index is 13.5. The van der Waals surface area contributed by atoms with Crippen LogP contribution in [0.25, 0.3) is 0 Å². The fourth-order valence-corrected chi connectivity index (χ4v) is 4.76. The number of hydrogen-bond acceptors (Lipinski definition) is 4. The number of rotatable bonds is 11. The van der Waals surface area contributed by atoms with Gasteiger partial charge in [-0.3, -0.25) is 0 Å². The number of halogens is 5. The van der Waals surface area contributed by atoms with E-state index in [1.165, 1.54) is 7.11 Å². The Morgan fingerprint density at radius 1 is 0.893 bits per heavy atom. The first-order valence-electron chi connectivity index (χ1n) is 8.62. The van der Waals surface area contributed by atoms with Crippen LogP contribution in [0.4, 0.5) is 32.4 Å². The molecule has 2 N–H and O–H groups in total. The van der Waals surface area contributed by atoms with Gasteiger partial charge < -0.3 is 23.9 Å². The zero-order valence-electron chi connectivity index (χ0n) is 15.8. The second-order valence-corrected chi connectivity index (χ2v) is 8.39. The third-order valence-corrected chi connectivity index (χ3v) is 6.73. The van der Waals surface area contributed by atoms with Crippen molar-refractivity contribution < 1.29 is 40.0 Å². The summed E-state index contributed by atoms with van der Waals surface area (Å²) in [6.07, 6.45) is 1.01. The topological polar surface area (TPSA) is 68.8 Å². The molecule has 12 heteroatoms. The van der Waals surface area contributed by atoms with Crippen LogP contribution in [0.1, 0.15) is 26.7 Å². The minimum Gasteiger partial charge on any atom is -0.377 e. The van der Waals surface area contributed by atoms with Crippen LogP contribution in [-0.2, 0) is 13.3 Å². The molecule has 1 aromatic carbocycles. The Morgan fingerprint density at radius 3 is 1.86 bits per heavy atom.